The summed E-state index contributed by atoms with van der Waals surface area (Å²) in [6.45, 7) is -0.0353. The standard InChI is InChI=1S/C20H30B8F9N3O4/c21-17(22)19(25,26)40(13(43)44-12(15(32,33)34)16(35,36)37)20(27,28)18(23,24)39(17)7-8-3-4-9(14(29,30)31)6-10(8)38-5-1-2-11(41)42/h3-4,6,12,38H,1-2,5,7,21-28H2,(H,41,42). The summed E-state index contributed by atoms with van der Waals surface area (Å²) in [4.78, 5) is 26.9. The molecule has 1 aromatic rings. The molecular weight excluding hydrogens is 604 g/mol. The number of nitrogens with one attached hydrogen (secondary N) is 1. The molecule has 0 aliphatic carbocycles. The lowest BCUT2D eigenvalue weighted by Gasteiger charge is -2.73. The number of alkyl halides is 9. The van der Waals surface area contributed by atoms with Crippen molar-refractivity contribution in [3.8, 4) is 0 Å². The maximum Gasteiger partial charge on any atom is 0.434 e. The predicted molar refractivity (Wildman–Crippen MR) is 166 cm³/mol. The average Bonchev–Trinajstić information content (AvgIpc) is 2.80. The van der Waals surface area contributed by atoms with Gasteiger partial charge in [-0.25, -0.2) is 4.79 Å². The first-order valence-electron chi connectivity index (χ1n) is 13.6. The molecule has 1 saturated heterocycles. The van der Waals surface area contributed by atoms with Gasteiger partial charge in [-0.3, -0.25) is 4.79 Å². The third-order valence-corrected chi connectivity index (χ3v) is 9.11. The maximum atomic E-state index is 13.6. The molecule has 0 saturated carbocycles. The molecule has 1 amide bonds. The number of hydrogen-bond acceptors (Lipinski definition) is 5. The average molecular weight is 634 g/mol. The van der Waals surface area contributed by atoms with Gasteiger partial charge >= 0.3 is 30.6 Å². The van der Waals surface area contributed by atoms with Crippen LogP contribution in [0.5, 0.6) is 0 Å². The molecule has 7 nitrogen and oxygen atoms in total. The number of benzene rings is 1. The molecule has 1 aromatic carbocycles. The van der Waals surface area contributed by atoms with Gasteiger partial charge in [0.05, 0.1) is 5.56 Å². The number of anilines is 1. The number of aliphatic carboxylic acids is 1. The van der Waals surface area contributed by atoms with Gasteiger partial charge in [0, 0.05) is 25.2 Å². The van der Waals surface area contributed by atoms with E-state index in [2.05, 4.69) is 10.1 Å². The van der Waals surface area contributed by atoms with Crippen molar-refractivity contribution >= 4 is 80.5 Å². The molecule has 236 valence electrons. The van der Waals surface area contributed by atoms with Gasteiger partial charge in [-0.2, -0.15) is 39.5 Å². The Labute approximate surface area is 256 Å². The lowest BCUT2D eigenvalue weighted by Crippen LogP contribution is -2.92. The summed E-state index contributed by atoms with van der Waals surface area (Å²) in [5, 5.41) is 6.27. The summed E-state index contributed by atoms with van der Waals surface area (Å²) in [5.41, 5.74) is -0.545. The predicted octanol–water partition coefficient (Wildman–Crippen LogP) is -3.59. The van der Waals surface area contributed by atoms with E-state index in [9.17, 15) is 49.1 Å². The lowest BCUT2D eigenvalue weighted by atomic mass is 9.26. The molecule has 1 aliphatic heterocycles. The number of hydrogen-bond donors (Lipinski definition) is 2. The van der Waals surface area contributed by atoms with Gasteiger partial charge in [-0.1, -0.05) is 6.07 Å². The van der Waals surface area contributed by atoms with E-state index in [-0.39, 0.29) is 31.6 Å². The number of ether oxygens (including phenoxy) is 1. The highest BCUT2D eigenvalue weighted by Crippen LogP contribution is 2.45. The number of carbonyl (C=O) groups excluding carboxylic acids is 1. The van der Waals surface area contributed by atoms with Crippen LogP contribution in [-0.4, -0.2) is 136 Å². The highest BCUT2D eigenvalue weighted by molar-refractivity contribution is 6.60. The van der Waals surface area contributed by atoms with Gasteiger partial charge < -0.3 is 25.0 Å². The monoisotopic (exact) mass is 635 g/mol. The third-order valence-electron chi connectivity index (χ3n) is 9.11. The van der Waals surface area contributed by atoms with E-state index < -0.39 is 63.6 Å². The summed E-state index contributed by atoms with van der Waals surface area (Å²) in [5.74, 6) is -1.09. The number of nitrogens with zero attached hydrogens (tertiary/aromatic N) is 2. The van der Waals surface area contributed by atoms with Crippen molar-refractivity contribution in [3.05, 3.63) is 29.3 Å². The van der Waals surface area contributed by atoms with E-state index in [0.717, 1.165) is 17.0 Å². The zero-order valence-corrected chi connectivity index (χ0v) is 25.6. The van der Waals surface area contributed by atoms with E-state index >= 15 is 0 Å². The van der Waals surface area contributed by atoms with Crippen LogP contribution in [0.1, 0.15) is 24.0 Å². The fraction of sp³-hybridized carbons (Fsp3) is 0.600. The lowest BCUT2D eigenvalue weighted by molar-refractivity contribution is -0.309. The van der Waals surface area contributed by atoms with Crippen molar-refractivity contribution < 1.29 is 58.9 Å². The van der Waals surface area contributed by atoms with Crippen LogP contribution in [-0.2, 0) is 22.3 Å². The molecule has 1 fully saturated rings. The summed E-state index contributed by atoms with van der Waals surface area (Å²) >= 11 is 0. The second-order valence-electron chi connectivity index (χ2n) is 12.8. The SMILES string of the molecule is BC1(B)N(Cc2ccc(C(F)(F)F)cc2NCCCC(=O)O)C(B)(B)C(B)(B)N(C(=O)OC(C(F)(F)F)C(F)(F)F)C1(B)B. The molecule has 24 heteroatoms. The summed E-state index contributed by atoms with van der Waals surface area (Å²) in [6, 6.07) is 3.00. The van der Waals surface area contributed by atoms with Crippen LogP contribution in [0.15, 0.2) is 18.2 Å². The van der Waals surface area contributed by atoms with Crippen LogP contribution >= 0.6 is 0 Å². The molecular formula is C20H30B8F9N3O4. The van der Waals surface area contributed by atoms with Crippen molar-refractivity contribution in [1.29, 1.82) is 0 Å². The molecule has 44 heavy (non-hydrogen) atoms. The van der Waals surface area contributed by atoms with Crippen molar-refractivity contribution in [3.63, 3.8) is 0 Å². The minimum Gasteiger partial charge on any atom is -0.481 e. The molecule has 0 unspecified atom stereocenters. The van der Waals surface area contributed by atoms with Crippen LogP contribution in [0.3, 0.4) is 0 Å². The molecule has 2 rings (SSSR count). The highest BCUT2D eigenvalue weighted by Gasteiger charge is 2.66. The van der Waals surface area contributed by atoms with Crippen molar-refractivity contribution in [2.75, 3.05) is 11.9 Å². The number of rotatable bonds is 8. The fourth-order valence-corrected chi connectivity index (χ4v) is 5.62. The largest absolute Gasteiger partial charge is 0.481 e. The Morgan fingerprint density at radius 3 is 1.73 bits per heavy atom. The van der Waals surface area contributed by atoms with Gasteiger partial charge in [0.1, 0.15) is 62.8 Å². The van der Waals surface area contributed by atoms with Crippen molar-refractivity contribution in [2.24, 2.45) is 0 Å². The molecule has 0 aromatic heterocycles. The third kappa shape index (κ3) is 7.35. The Balaban J connectivity index is 2.61. The molecule has 0 atom stereocenters. The van der Waals surface area contributed by atoms with Gasteiger partial charge in [-0.05, 0) is 45.5 Å². The van der Waals surface area contributed by atoms with Crippen molar-refractivity contribution in [1.82, 2.24) is 9.80 Å². The number of amides is 1. The van der Waals surface area contributed by atoms with Gasteiger partial charge in [0.25, 0.3) is 6.10 Å². The van der Waals surface area contributed by atoms with E-state index in [4.69, 9.17) is 5.11 Å². The normalized spacial score (nSPS) is 19.8. The Morgan fingerprint density at radius 1 is 0.841 bits per heavy atom. The van der Waals surface area contributed by atoms with Gasteiger partial charge in [0.15, 0.2) is 0 Å². The van der Waals surface area contributed by atoms with E-state index in [1.807, 2.05) is 4.90 Å². The Hall–Kier alpha value is -2.39. The molecule has 0 radical (unpaired) electrons. The summed E-state index contributed by atoms with van der Waals surface area (Å²) < 4.78 is 125. The first-order chi connectivity index (χ1) is 19.5. The van der Waals surface area contributed by atoms with Crippen LogP contribution in [0.2, 0.25) is 0 Å². The van der Waals surface area contributed by atoms with Crippen LogP contribution < -0.4 is 5.32 Å². The van der Waals surface area contributed by atoms with Gasteiger partial charge in [0.2, 0.25) is 0 Å². The topological polar surface area (TPSA) is 82.1 Å². The summed E-state index contributed by atoms with van der Waals surface area (Å²) in [6.07, 6.45) is -22.9. The van der Waals surface area contributed by atoms with Crippen LogP contribution in [0, 0.1) is 0 Å². The second kappa shape index (κ2) is 12.1. The Morgan fingerprint density at radius 2 is 1.32 bits per heavy atom. The minimum atomic E-state index is -5.93. The van der Waals surface area contributed by atoms with E-state index in [1.165, 1.54) is 37.5 Å². The number of carboxylic acids is 1. The fourth-order valence-electron chi connectivity index (χ4n) is 5.62. The highest BCUT2D eigenvalue weighted by atomic mass is 19.4. The quantitative estimate of drug-likeness (QED) is 0.175. The second-order valence-corrected chi connectivity index (χ2v) is 12.8. The van der Waals surface area contributed by atoms with Crippen LogP contribution in [0.4, 0.5) is 50.0 Å². The van der Waals surface area contributed by atoms with Crippen molar-refractivity contribution in [2.45, 2.75) is 65.4 Å². The molecule has 0 spiro atoms. The number of carboxylic acid groups (broad SMARTS) is 1. The molecule has 0 bridgehead atoms. The molecule has 2 N–H and O–H groups in total. The molecule has 1 aliphatic rings. The number of carbonyl (C=O) groups is 2. The smallest absolute Gasteiger partial charge is 0.434 e. The number of piperazine rings is 1. The zero-order chi connectivity index (χ0) is 34.5. The minimum absolute atomic E-state index is 0.0313. The van der Waals surface area contributed by atoms with E-state index in [0.29, 0.717) is 5.56 Å². The van der Waals surface area contributed by atoms with Crippen LogP contribution in [0.25, 0.3) is 0 Å². The zero-order valence-electron chi connectivity index (χ0n) is 25.6. The van der Waals surface area contributed by atoms with E-state index in [1.54, 1.807) is 31.4 Å². The Bertz CT molecular complexity index is 1200. The van der Waals surface area contributed by atoms with Gasteiger partial charge in [-0.15, -0.1) is 0 Å². The number of halogens is 9. The Kier molecular flexibility index (Phi) is 10.4. The first-order valence-corrected chi connectivity index (χ1v) is 13.6. The first kappa shape index (κ1) is 37.8. The maximum absolute atomic E-state index is 13.6. The summed E-state index contributed by atoms with van der Waals surface area (Å²) in [7, 11) is 12.2. The molecule has 1 heterocycles.